The standard InChI is InChI=1S/C23H15F5N4O3/c1-5-7-14(34-4)18-11(3)35-21(30-18)15-10(2)29-20-17(16-12(24)8-6-9-13(16)25)19(23(26,27)28)31-32(20)22(15)33/h1,6-9,29H,2-4H3/b14-7+. The molecule has 4 rings (SSSR count). The Bertz CT molecular complexity index is 1580. The number of aromatic nitrogens is 4. The Morgan fingerprint density at radius 3 is 2.43 bits per heavy atom. The molecule has 0 radical (unpaired) electrons. The molecule has 35 heavy (non-hydrogen) atoms. The van der Waals surface area contributed by atoms with Crippen LogP contribution in [-0.4, -0.2) is 26.7 Å². The molecule has 4 aromatic rings. The molecular weight excluding hydrogens is 475 g/mol. The van der Waals surface area contributed by atoms with E-state index >= 15 is 0 Å². The zero-order valence-corrected chi connectivity index (χ0v) is 18.3. The van der Waals surface area contributed by atoms with E-state index in [1.807, 2.05) is 0 Å². The van der Waals surface area contributed by atoms with Crippen molar-refractivity contribution in [3.8, 4) is 34.9 Å². The summed E-state index contributed by atoms with van der Waals surface area (Å²) in [4.78, 5) is 20.1. The maximum absolute atomic E-state index is 14.5. The molecule has 0 saturated carbocycles. The molecule has 3 aromatic heterocycles. The van der Waals surface area contributed by atoms with E-state index in [9.17, 15) is 26.7 Å². The number of oxazole rings is 1. The topological polar surface area (TPSA) is 85.4 Å². The van der Waals surface area contributed by atoms with Crippen molar-refractivity contribution in [3.63, 3.8) is 0 Å². The number of aromatic amines is 1. The van der Waals surface area contributed by atoms with Gasteiger partial charge in [-0.25, -0.2) is 13.8 Å². The van der Waals surface area contributed by atoms with Gasteiger partial charge < -0.3 is 14.1 Å². The van der Waals surface area contributed by atoms with Crippen molar-refractivity contribution in [2.75, 3.05) is 7.11 Å². The number of nitrogens with one attached hydrogen (secondary N) is 1. The second-order valence-electron chi connectivity index (χ2n) is 7.31. The monoisotopic (exact) mass is 490 g/mol. The van der Waals surface area contributed by atoms with Gasteiger partial charge in [-0.2, -0.15) is 22.8 Å². The minimum absolute atomic E-state index is 0.0156. The molecule has 3 heterocycles. The number of ether oxygens (including phenoxy) is 1. The number of alkyl halides is 3. The summed E-state index contributed by atoms with van der Waals surface area (Å²) in [5, 5.41) is 3.36. The van der Waals surface area contributed by atoms with Crippen LogP contribution in [0.15, 0.2) is 33.5 Å². The first-order valence-corrected chi connectivity index (χ1v) is 9.85. The number of rotatable bonds is 4. The number of hydrogen-bond acceptors (Lipinski definition) is 5. The van der Waals surface area contributed by atoms with Crippen molar-refractivity contribution < 1.29 is 31.1 Å². The number of allylic oxidation sites excluding steroid dienone is 1. The molecule has 7 nitrogen and oxygen atoms in total. The first-order chi connectivity index (χ1) is 16.5. The van der Waals surface area contributed by atoms with Crippen LogP contribution < -0.4 is 5.56 Å². The summed E-state index contributed by atoms with van der Waals surface area (Å²) in [6.07, 6.45) is 1.40. The van der Waals surface area contributed by atoms with Gasteiger partial charge in [0.1, 0.15) is 34.3 Å². The number of benzene rings is 1. The van der Waals surface area contributed by atoms with Crippen molar-refractivity contribution in [1.82, 2.24) is 19.6 Å². The minimum Gasteiger partial charge on any atom is -0.494 e. The lowest BCUT2D eigenvalue weighted by Gasteiger charge is -2.09. The van der Waals surface area contributed by atoms with E-state index in [-0.39, 0.29) is 34.4 Å². The Balaban J connectivity index is 2.06. The van der Waals surface area contributed by atoms with Gasteiger partial charge in [0.05, 0.1) is 18.2 Å². The van der Waals surface area contributed by atoms with Crippen molar-refractivity contribution >= 4 is 11.4 Å². The SMILES string of the molecule is C#C/C=C(/OC)c1nc(-c2c(C)[nH]c3c(-c4c(F)cccc4F)c(C(F)(F)F)nn3c2=O)oc1C. The maximum atomic E-state index is 14.5. The van der Waals surface area contributed by atoms with Crippen LogP contribution in [0.25, 0.3) is 34.0 Å². The predicted molar refractivity (Wildman–Crippen MR) is 115 cm³/mol. The molecule has 0 spiro atoms. The van der Waals surface area contributed by atoms with Crippen LogP contribution in [0.3, 0.4) is 0 Å². The highest BCUT2D eigenvalue weighted by Gasteiger charge is 2.41. The Labute approximate surface area is 193 Å². The van der Waals surface area contributed by atoms with Gasteiger partial charge in [0.25, 0.3) is 5.56 Å². The molecule has 180 valence electrons. The summed E-state index contributed by atoms with van der Waals surface area (Å²) in [6.45, 7) is 2.89. The number of methoxy groups -OCH3 is 1. The van der Waals surface area contributed by atoms with Crippen LogP contribution in [0.2, 0.25) is 0 Å². The van der Waals surface area contributed by atoms with E-state index in [2.05, 4.69) is 21.0 Å². The highest BCUT2D eigenvalue weighted by Crippen LogP contribution is 2.40. The van der Waals surface area contributed by atoms with Crippen LogP contribution in [0, 0.1) is 37.8 Å². The highest BCUT2D eigenvalue weighted by molar-refractivity contribution is 5.82. The van der Waals surface area contributed by atoms with Crippen LogP contribution in [0.1, 0.15) is 22.8 Å². The van der Waals surface area contributed by atoms with Crippen molar-refractivity contribution in [3.05, 3.63) is 69.1 Å². The van der Waals surface area contributed by atoms with Gasteiger partial charge >= 0.3 is 6.18 Å². The number of hydrogen-bond donors (Lipinski definition) is 1. The van der Waals surface area contributed by atoms with Crippen LogP contribution in [-0.2, 0) is 10.9 Å². The Kier molecular flexibility index (Phi) is 5.72. The molecule has 12 heteroatoms. The van der Waals surface area contributed by atoms with Crippen LogP contribution in [0.5, 0.6) is 0 Å². The van der Waals surface area contributed by atoms with E-state index in [0.717, 1.165) is 18.2 Å². The molecule has 0 aliphatic rings. The van der Waals surface area contributed by atoms with Gasteiger partial charge in [-0.05, 0) is 26.0 Å². The Morgan fingerprint density at radius 1 is 1.20 bits per heavy atom. The molecule has 0 fully saturated rings. The van der Waals surface area contributed by atoms with Gasteiger partial charge in [-0.1, -0.05) is 12.0 Å². The minimum atomic E-state index is -5.13. The van der Waals surface area contributed by atoms with E-state index in [4.69, 9.17) is 15.6 Å². The van der Waals surface area contributed by atoms with E-state index in [1.165, 1.54) is 27.0 Å². The lowest BCUT2D eigenvalue weighted by atomic mass is 10.0. The second kappa shape index (κ2) is 8.43. The molecule has 0 unspecified atom stereocenters. The normalized spacial score (nSPS) is 12.3. The summed E-state index contributed by atoms with van der Waals surface area (Å²) in [6, 6.07) is 2.61. The third-order valence-corrected chi connectivity index (χ3v) is 5.13. The number of aryl methyl sites for hydroxylation is 2. The average Bonchev–Trinajstić information content (AvgIpc) is 3.33. The second-order valence-corrected chi connectivity index (χ2v) is 7.31. The summed E-state index contributed by atoms with van der Waals surface area (Å²) in [5.41, 5.74) is -5.24. The molecule has 0 aliphatic carbocycles. The summed E-state index contributed by atoms with van der Waals surface area (Å²) in [7, 11) is 1.34. The Hall–Kier alpha value is -4.40. The Morgan fingerprint density at radius 2 is 1.86 bits per heavy atom. The fraction of sp³-hybridized carbons (Fsp3) is 0.174. The van der Waals surface area contributed by atoms with E-state index in [1.54, 1.807) is 0 Å². The fourth-order valence-corrected chi connectivity index (χ4v) is 3.64. The number of terminal acetylenes is 1. The van der Waals surface area contributed by atoms with E-state index < -0.39 is 45.8 Å². The smallest absolute Gasteiger partial charge is 0.435 e. The summed E-state index contributed by atoms with van der Waals surface area (Å²) in [5.74, 6) is -0.118. The first kappa shape index (κ1) is 23.7. The third-order valence-electron chi connectivity index (χ3n) is 5.13. The predicted octanol–water partition coefficient (Wildman–Crippen LogP) is 4.88. The molecule has 0 saturated heterocycles. The highest BCUT2D eigenvalue weighted by atomic mass is 19.4. The zero-order chi connectivity index (χ0) is 25.7. The maximum Gasteiger partial charge on any atom is 0.435 e. The lowest BCUT2D eigenvalue weighted by Crippen LogP contribution is -2.20. The van der Waals surface area contributed by atoms with Crippen LogP contribution in [0.4, 0.5) is 22.0 Å². The lowest BCUT2D eigenvalue weighted by molar-refractivity contribution is -0.140. The van der Waals surface area contributed by atoms with Gasteiger partial charge in [0.15, 0.2) is 11.5 Å². The molecule has 1 N–H and O–H groups in total. The van der Waals surface area contributed by atoms with Crippen molar-refractivity contribution in [1.29, 1.82) is 0 Å². The van der Waals surface area contributed by atoms with Gasteiger partial charge in [-0.15, -0.1) is 6.42 Å². The number of fused-ring (bicyclic) bond motifs is 1. The first-order valence-electron chi connectivity index (χ1n) is 9.85. The average molecular weight is 490 g/mol. The van der Waals surface area contributed by atoms with Gasteiger partial charge in [0, 0.05) is 11.8 Å². The zero-order valence-electron chi connectivity index (χ0n) is 18.3. The van der Waals surface area contributed by atoms with Gasteiger partial charge in [0.2, 0.25) is 5.89 Å². The molecule has 0 amide bonds. The third kappa shape index (κ3) is 3.84. The largest absolute Gasteiger partial charge is 0.494 e. The number of nitrogens with zero attached hydrogens (tertiary/aromatic N) is 3. The quantitative estimate of drug-likeness (QED) is 0.251. The summed E-state index contributed by atoms with van der Waals surface area (Å²) >= 11 is 0. The molecule has 0 aliphatic heterocycles. The molecule has 0 bridgehead atoms. The van der Waals surface area contributed by atoms with Crippen molar-refractivity contribution in [2.24, 2.45) is 0 Å². The fourth-order valence-electron chi connectivity index (χ4n) is 3.64. The summed E-state index contributed by atoms with van der Waals surface area (Å²) < 4.78 is 81.6. The number of H-pyrrole nitrogens is 1. The molecule has 1 aromatic carbocycles. The molecular formula is C23H15F5N4O3. The van der Waals surface area contributed by atoms with Gasteiger partial charge in [-0.3, -0.25) is 4.79 Å². The van der Waals surface area contributed by atoms with E-state index in [0.29, 0.717) is 4.52 Å². The van der Waals surface area contributed by atoms with Crippen LogP contribution >= 0.6 is 0 Å². The number of halogens is 5. The molecule has 0 atom stereocenters. The van der Waals surface area contributed by atoms with Crippen molar-refractivity contribution in [2.45, 2.75) is 20.0 Å².